The smallest absolute Gasteiger partial charge is 0.256 e. The third-order valence-electron chi connectivity index (χ3n) is 3.91. The summed E-state index contributed by atoms with van der Waals surface area (Å²) in [6.45, 7) is 8.54. The van der Waals surface area contributed by atoms with Crippen molar-refractivity contribution in [2.75, 3.05) is 6.54 Å². The van der Waals surface area contributed by atoms with E-state index in [1.807, 2.05) is 32.0 Å². The number of nitrogens with one attached hydrogen (secondary N) is 1. The lowest BCUT2D eigenvalue weighted by Gasteiger charge is -2.16. The van der Waals surface area contributed by atoms with Gasteiger partial charge in [0.1, 0.15) is 5.56 Å². The van der Waals surface area contributed by atoms with Crippen molar-refractivity contribution in [3.8, 4) is 0 Å². The Bertz CT molecular complexity index is 617. The predicted octanol–water partition coefficient (Wildman–Crippen LogP) is 4.03. The van der Waals surface area contributed by atoms with Crippen LogP contribution in [0.4, 0.5) is 0 Å². The zero-order valence-corrected chi connectivity index (χ0v) is 13.7. The molecule has 1 atom stereocenters. The van der Waals surface area contributed by atoms with Gasteiger partial charge in [0.15, 0.2) is 5.76 Å². The summed E-state index contributed by atoms with van der Waals surface area (Å²) in [6.07, 6.45) is 0.976. The van der Waals surface area contributed by atoms with Crippen LogP contribution < -0.4 is 5.32 Å². The maximum atomic E-state index is 12.5. The standard InChI is InChI=1S/C18H24N2O2/c1-5-14(15-9-7-6-8-10-15)11-19-18(21)16-13(4)20-22-17(16)12(2)3/h6-10,12,14H,5,11H2,1-4H3,(H,19,21)/t14-/m1/s1. The molecule has 0 aliphatic rings. The number of carbonyl (C=O) groups is 1. The van der Waals surface area contributed by atoms with Crippen LogP contribution in [0.25, 0.3) is 0 Å². The molecule has 0 fully saturated rings. The van der Waals surface area contributed by atoms with E-state index in [2.05, 4.69) is 29.5 Å². The molecule has 0 aliphatic carbocycles. The van der Waals surface area contributed by atoms with Crippen molar-refractivity contribution < 1.29 is 9.32 Å². The van der Waals surface area contributed by atoms with Gasteiger partial charge in [0, 0.05) is 18.4 Å². The van der Waals surface area contributed by atoms with Crippen molar-refractivity contribution >= 4 is 5.91 Å². The van der Waals surface area contributed by atoms with E-state index in [0.717, 1.165) is 6.42 Å². The van der Waals surface area contributed by atoms with E-state index in [-0.39, 0.29) is 11.8 Å². The summed E-state index contributed by atoms with van der Waals surface area (Å²) in [6, 6.07) is 10.3. The Morgan fingerprint density at radius 3 is 2.55 bits per heavy atom. The predicted molar refractivity (Wildman–Crippen MR) is 87.1 cm³/mol. The highest BCUT2D eigenvalue weighted by Gasteiger charge is 2.23. The van der Waals surface area contributed by atoms with Gasteiger partial charge in [-0.2, -0.15) is 0 Å². The third-order valence-corrected chi connectivity index (χ3v) is 3.91. The van der Waals surface area contributed by atoms with Crippen LogP contribution in [0.2, 0.25) is 0 Å². The third kappa shape index (κ3) is 3.56. The average molecular weight is 300 g/mol. The molecule has 22 heavy (non-hydrogen) atoms. The Balaban J connectivity index is 2.08. The summed E-state index contributed by atoms with van der Waals surface area (Å²) in [5.41, 5.74) is 2.48. The van der Waals surface area contributed by atoms with Gasteiger partial charge in [0.25, 0.3) is 5.91 Å². The minimum absolute atomic E-state index is 0.100. The van der Waals surface area contributed by atoms with E-state index in [1.165, 1.54) is 5.56 Å². The topological polar surface area (TPSA) is 55.1 Å². The molecule has 0 radical (unpaired) electrons. The fourth-order valence-electron chi connectivity index (χ4n) is 2.58. The van der Waals surface area contributed by atoms with Crippen molar-refractivity contribution in [3.63, 3.8) is 0 Å². The number of hydrogen-bond donors (Lipinski definition) is 1. The molecule has 0 saturated heterocycles. The molecule has 0 aliphatic heterocycles. The molecule has 118 valence electrons. The molecule has 0 spiro atoms. The lowest BCUT2D eigenvalue weighted by Crippen LogP contribution is -2.29. The normalized spacial score (nSPS) is 12.4. The summed E-state index contributed by atoms with van der Waals surface area (Å²) in [4.78, 5) is 12.5. The van der Waals surface area contributed by atoms with Crippen LogP contribution in [-0.4, -0.2) is 17.6 Å². The van der Waals surface area contributed by atoms with Crippen molar-refractivity contribution in [2.24, 2.45) is 0 Å². The Morgan fingerprint density at radius 2 is 1.95 bits per heavy atom. The Morgan fingerprint density at radius 1 is 1.27 bits per heavy atom. The second kappa shape index (κ2) is 7.25. The molecule has 1 aromatic heterocycles. The number of benzene rings is 1. The molecular weight excluding hydrogens is 276 g/mol. The zero-order chi connectivity index (χ0) is 16.1. The molecule has 1 aromatic carbocycles. The molecule has 1 heterocycles. The van der Waals surface area contributed by atoms with Gasteiger partial charge in [-0.3, -0.25) is 4.79 Å². The largest absolute Gasteiger partial charge is 0.360 e. The van der Waals surface area contributed by atoms with E-state index in [0.29, 0.717) is 29.5 Å². The van der Waals surface area contributed by atoms with Gasteiger partial charge >= 0.3 is 0 Å². The van der Waals surface area contributed by atoms with Crippen LogP contribution in [0.15, 0.2) is 34.9 Å². The first kappa shape index (κ1) is 16.3. The van der Waals surface area contributed by atoms with Gasteiger partial charge < -0.3 is 9.84 Å². The van der Waals surface area contributed by atoms with Gasteiger partial charge in [0.2, 0.25) is 0 Å². The van der Waals surface area contributed by atoms with Crippen LogP contribution >= 0.6 is 0 Å². The lowest BCUT2D eigenvalue weighted by molar-refractivity contribution is 0.0948. The van der Waals surface area contributed by atoms with Gasteiger partial charge in [-0.1, -0.05) is 56.3 Å². The highest BCUT2D eigenvalue weighted by atomic mass is 16.5. The SMILES string of the molecule is CC[C@H](CNC(=O)c1c(C)noc1C(C)C)c1ccccc1. The minimum atomic E-state index is -0.100. The molecule has 0 unspecified atom stereocenters. The maximum Gasteiger partial charge on any atom is 0.256 e. The Labute approximate surface area is 131 Å². The molecular formula is C18H24N2O2. The average Bonchev–Trinajstić information content (AvgIpc) is 2.91. The second-order valence-electron chi connectivity index (χ2n) is 5.89. The Kier molecular flexibility index (Phi) is 5.36. The fourth-order valence-corrected chi connectivity index (χ4v) is 2.58. The van der Waals surface area contributed by atoms with Gasteiger partial charge in [-0.05, 0) is 18.9 Å². The molecule has 0 saturated carbocycles. The minimum Gasteiger partial charge on any atom is -0.360 e. The van der Waals surface area contributed by atoms with Crippen molar-refractivity contribution in [3.05, 3.63) is 52.9 Å². The lowest BCUT2D eigenvalue weighted by atomic mass is 9.96. The molecule has 4 heteroatoms. The first-order valence-electron chi connectivity index (χ1n) is 7.83. The summed E-state index contributed by atoms with van der Waals surface area (Å²) < 4.78 is 5.28. The number of nitrogens with zero attached hydrogens (tertiary/aromatic N) is 1. The summed E-state index contributed by atoms with van der Waals surface area (Å²) in [5.74, 6) is 1.01. The van der Waals surface area contributed by atoms with Crippen LogP contribution in [-0.2, 0) is 0 Å². The molecule has 0 bridgehead atoms. The Hall–Kier alpha value is -2.10. The highest BCUT2D eigenvalue weighted by molar-refractivity contribution is 5.96. The van der Waals surface area contributed by atoms with E-state index < -0.39 is 0 Å². The molecule has 2 aromatic rings. The quantitative estimate of drug-likeness (QED) is 0.876. The number of hydrogen-bond acceptors (Lipinski definition) is 3. The first-order valence-corrected chi connectivity index (χ1v) is 7.83. The van der Waals surface area contributed by atoms with Gasteiger partial charge in [0.05, 0.1) is 5.69 Å². The number of aromatic nitrogens is 1. The summed E-state index contributed by atoms with van der Waals surface area (Å²) in [5, 5.41) is 6.96. The second-order valence-corrected chi connectivity index (χ2v) is 5.89. The van der Waals surface area contributed by atoms with Crippen molar-refractivity contribution in [1.82, 2.24) is 10.5 Å². The number of amides is 1. The molecule has 1 N–H and O–H groups in total. The van der Waals surface area contributed by atoms with Crippen LogP contribution in [0.5, 0.6) is 0 Å². The van der Waals surface area contributed by atoms with Gasteiger partial charge in [-0.15, -0.1) is 0 Å². The monoisotopic (exact) mass is 300 g/mol. The van der Waals surface area contributed by atoms with E-state index in [1.54, 1.807) is 6.92 Å². The van der Waals surface area contributed by atoms with Gasteiger partial charge in [-0.25, -0.2) is 0 Å². The van der Waals surface area contributed by atoms with Crippen molar-refractivity contribution in [1.29, 1.82) is 0 Å². The molecule has 2 rings (SSSR count). The van der Waals surface area contributed by atoms with Crippen molar-refractivity contribution in [2.45, 2.75) is 46.0 Å². The number of rotatable bonds is 6. The van der Waals surface area contributed by atoms with E-state index >= 15 is 0 Å². The first-order chi connectivity index (χ1) is 10.5. The fraction of sp³-hybridized carbons (Fsp3) is 0.444. The zero-order valence-electron chi connectivity index (χ0n) is 13.7. The molecule has 1 amide bonds. The number of aryl methyl sites for hydroxylation is 1. The maximum absolute atomic E-state index is 12.5. The van der Waals surface area contributed by atoms with Crippen LogP contribution in [0.3, 0.4) is 0 Å². The number of carbonyl (C=O) groups excluding carboxylic acids is 1. The molecule has 4 nitrogen and oxygen atoms in total. The van der Waals surface area contributed by atoms with E-state index in [4.69, 9.17) is 4.52 Å². The van der Waals surface area contributed by atoms with Crippen LogP contribution in [0.1, 0.15) is 66.4 Å². The highest BCUT2D eigenvalue weighted by Crippen LogP contribution is 2.23. The summed E-state index contributed by atoms with van der Waals surface area (Å²) in [7, 11) is 0. The summed E-state index contributed by atoms with van der Waals surface area (Å²) >= 11 is 0. The van der Waals surface area contributed by atoms with Crippen LogP contribution in [0, 0.1) is 6.92 Å². The van der Waals surface area contributed by atoms with E-state index in [9.17, 15) is 4.79 Å².